The number of nitrogen functional groups attached to an aromatic ring is 1. The molecule has 1 aromatic heterocycles. The van der Waals surface area contributed by atoms with Gasteiger partial charge in [-0.3, -0.25) is 9.78 Å². The van der Waals surface area contributed by atoms with Gasteiger partial charge in [-0.1, -0.05) is 19.3 Å². The molecule has 0 bridgehead atoms. The van der Waals surface area contributed by atoms with Gasteiger partial charge in [-0.05, 0) is 18.9 Å². The Balaban J connectivity index is 2.04. The van der Waals surface area contributed by atoms with Gasteiger partial charge in [0.1, 0.15) is 5.78 Å². The number of carbonyl (C=O) groups excluding carboxylic acids is 1. The number of nitrogens with zero attached hydrogens (tertiary/aromatic N) is 1. The molecule has 18 heavy (non-hydrogen) atoms. The summed E-state index contributed by atoms with van der Waals surface area (Å²) in [7, 11) is 0. The van der Waals surface area contributed by atoms with Crippen molar-refractivity contribution in [2.24, 2.45) is 11.7 Å². The van der Waals surface area contributed by atoms with E-state index < -0.39 is 0 Å². The van der Waals surface area contributed by atoms with Crippen molar-refractivity contribution >= 4 is 11.5 Å². The molecule has 1 saturated carbocycles. The summed E-state index contributed by atoms with van der Waals surface area (Å²) >= 11 is 0. The van der Waals surface area contributed by atoms with E-state index in [0.29, 0.717) is 12.1 Å². The van der Waals surface area contributed by atoms with Gasteiger partial charge in [-0.15, -0.1) is 0 Å². The maximum Gasteiger partial charge on any atom is 0.142 e. The van der Waals surface area contributed by atoms with Gasteiger partial charge in [0.25, 0.3) is 0 Å². The molecule has 1 aliphatic carbocycles. The Morgan fingerprint density at radius 2 is 2.11 bits per heavy atom. The van der Waals surface area contributed by atoms with Crippen LogP contribution in [0.2, 0.25) is 0 Å². The van der Waals surface area contributed by atoms with Crippen molar-refractivity contribution in [1.29, 1.82) is 0 Å². The van der Waals surface area contributed by atoms with E-state index in [4.69, 9.17) is 11.5 Å². The lowest BCUT2D eigenvalue weighted by Crippen LogP contribution is -2.35. The van der Waals surface area contributed by atoms with Crippen LogP contribution < -0.4 is 11.5 Å². The lowest BCUT2D eigenvalue weighted by Gasteiger charge is -2.20. The number of nitrogens with two attached hydrogens (primary N) is 2. The summed E-state index contributed by atoms with van der Waals surface area (Å²) in [5.41, 5.74) is 13.4. The number of hydrogen-bond donors (Lipinski definition) is 2. The number of hydrogen-bond acceptors (Lipinski definition) is 4. The van der Waals surface area contributed by atoms with E-state index in [1.165, 1.54) is 6.42 Å². The summed E-state index contributed by atoms with van der Waals surface area (Å²) in [6.07, 6.45) is 8.98. The van der Waals surface area contributed by atoms with E-state index in [0.717, 1.165) is 31.2 Å². The second kappa shape index (κ2) is 5.96. The van der Waals surface area contributed by atoms with Crippen molar-refractivity contribution in [1.82, 2.24) is 4.98 Å². The Hall–Kier alpha value is -1.42. The van der Waals surface area contributed by atoms with Crippen LogP contribution in [-0.4, -0.2) is 16.8 Å². The molecule has 0 spiro atoms. The number of aromatic nitrogens is 1. The molecular formula is C14H21N3O. The molecule has 0 radical (unpaired) electrons. The number of pyridine rings is 1. The first kappa shape index (κ1) is 13.0. The number of anilines is 1. The Bertz CT molecular complexity index is 419. The molecule has 2 atom stereocenters. The molecule has 2 unspecified atom stereocenters. The topological polar surface area (TPSA) is 82.0 Å². The number of ketones is 1. The van der Waals surface area contributed by atoms with Crippen molar-refractivity contribution in [3.8, 4) is 0 Å². The molecule has 98 valence electrons. The zero-order valence-electron chi connectivity index (χ0n) is 10.6. The van der Waals surface area contributed by atoms with Crippen molar-refractivity contribution in [2.45, 2.75) is 44.6 Å². The zero-order valence-corrected chi connectivity index (χ0v) is 10.6. The Kier molecular flexibility index (Phi) is 4.31. The minimum Gasteiger partial charge on any atom is -0.398 e. The van der Waals surface area contributed by atoms with Crippen LogP contribution in [0.3, 0.4) is 0 Å². The summed E-state index contributed by atoms with van der Waals surface area (Å²) in [4.78, 5) is 16.3. The summed E-state index contributed by atoms with van der Waals surface area (Å²) < 4.78 is 0. The minimum absolute atomic E-state index is 0.00731. The van der Waals surface area contributed by atoms with Crippen LogP contribution in [0.25, 0.3) is 0 Å². The maximum absolute atomic E-state index is 12.3. The summed E-state index contributed by atoms with van der Waals surface area (Å²) in [5, 5.41) is 0. The Morgan fingerprint density at radius 1 is 1.33 bits per heavy atom. The quantitative estimate of drug-likeness (QED) is 0.796. The third kappa shape index (κ3) is 3.07. The fourth-order valence-corrected chi connectivity index (χ4v) is 2.64. The highest BCUT2D eigenvalue weighted by Crippen LogP contribution is 2.24. The van der Waals surface area contributed by atoms with Crippen LogP contribution in [0, 0.1) is 5.92 Å². The van der Waals surface area contributed by atoms with E-state index in [1.54, 1.807) is 18.5 Å². The summed E-state index contributed by atoms with van der Waals surface area (Å²) in [6, 6.07) is 1.74. The highest BCUT2D eigenvalue weighted by molar-refractivity contribution is 5.85. The zero-order chi connectivity index (χ0) is 13.0. The fraction of sp³-hybridized carbons (Fsp3) is 0.571. The van der Waals surface area contributed by atoms with E-state index in [2.05, 4.69) is 4.98 Å². The van der Waals surface area contributed by atoms with Gasteiger partial charge >= 0.3 is 0 Å². The summed E-state index contributed by atoms with van der Waals surface area (Å²) in [6.45, 7) is 0. The molecule has 1 heterocycles. The molecule has 4 N–H and O–H groups in total. The molecule has 4 nitrogen and oxygen atoms in total. The van der Waals surface area contributed by atoms with Crippen molar-refractivity contribution < 1.29 is 4.79 Å². The average Bonchev–Trinajstić information content (AvgIpc) is 2.57. The van der Waals surface area contributed by atoms with Crippen LogP contribution in [0.4, 0.5) is 5.69 Å². The predicted octanol–water partition coefficient (Wildman–Crippen LogP) is 1.68. The first-order valence-electron chi connectivity index (χ1n) is 6.65. The maximum atomic E-state index is 12.3. The third-order valence-corrected chi connectivity index (χ3v) is 3.79. The number of carbonyl (C=O) groups is 1. The van der Waals surface area contributed by atoms with Crippen molar-refractivity contribution in [2.75, 3.05) is 5.73 Å². The fourth-order valence-electron chi connectivity index (χ4n) is 2.64. The normalized spacial score (nSPS) is 24.5. The monoisotopic (exact) mass is 247 g/mol. The van der Waals surface area contributed by atoms with Crippen LogP contribution in [0.5, 0.6) is 0 Å². The van der Waals surface area contributed by atoms with Crippen molar-refractivity contribution in [3.05, 3.63) is 24.0 Å². The highest BCUT2D eigenvalue weighted by atomic mass is 16.1. The van der Waals surface area contributed by atoms with Crippen LogP contribution >= 0.6 is 0 Å². The third-order valence-electron chi connectivity index (χ3n) is 3.79. The molecule has 0 aromatic carbocycles. The van der Waals surface area contributed by atoms with Gasteiger partial charge in [0.2, 0.25) is 0 Å². The van der Waals surface area contributed by atoms with E-state index in [-0.39, 0.29) is 17.7 Å². The largest absolute Gasteiger partial charge is 0.398 e. The molecule has 0 amide bonds. The number of Topliss-reactive ketones (excluding diaryl/α,β-unsaturated/α-hetero) is 1. The van der Waals surface area contributed by atoms with E-state index >= 15 is 0 Å². The predicted molar refractivity (Wildman–Crippen MR) is 71.9 cm³/mol. The van der Waals surface area contributed by atoms with Crippen LogP contribution in [0.1, 0.15) is 37.7 Å². The standard InChI is InChI=1S/C14H21N3O/c15-12-6-7-17-9-10(12)8-14(18)11-4-2-1-3-5-13(11)16/h6-7,9,11,13H,1-5,8,16H2,(H2,15,17). The molecular weight excluding hydrogens is 226 g/mol. The second-order valence-electron chi connectivity index (χ2n) is 5.13. The molecule has 1 fully saturated rings. The highest BCUT2D eigenvalue weighted by Gasteiger charge is 2.27. The van der Waals surface area contributed by atoms with E-state index in [1.807, 2.05) is 0 Å². The van der Waals surface area contributed by atoms with Crippen molar-refractivity contribution in [3.63, 3.8) is 0 Å². The van der Waals surface area contributed by atoms with Crippen LogP contribution in [-0.2, 0) is 11.2 Å². The minimum atomic E-state index is -0.00731. The molecule has 1 aromatic rings. The van der Waals surface area contributed by atoms with Gasteiger partial charge in [0, 0.05) is 42.0 Å². The first-order chi connectivity index (χ1) is 8.68. The molecule has 2 rings (SSSR count). The molecule has 4 heteroatoms. The van der Waals surface area contributed by atoms with Gasteiger partial charge in [0.15, 0.2) is 0 Å². The van der Waals surface area contributed by atoms with Crippen LogP contribution in [0.15, 0.2) is 18.5 Å². The van der Waals surface area contributed by atoms with E-state index in [9.17, 15) is 4.79 Å². The molecule has 1 aliphatic rings. The summed E-state index contributed by atoms with van der Waals surface area (Å²) in [5.74, 6) is 0.205. The smallest absolute Gasteiger partial charge is 0.142 e. The van der Waals surface area contributed by atoms with Gasteiger partial charge in [-0.25, -0.2) is 0 Å². The molecule has 0 saturated heterocycles. The van der Waals surface area contributed by atoms with Gasteiger partial charge in [0.05, 0.1) is 0 Å². The van der Waals surface area contributed by atoms with Gasteiger partial charge in [-0.2, -0.15) is 0 Å². The average molecular weight is 247 g/mol. The second-order valence-corrected chi connectivity index (χ2v) is 5.13. The lowest BCUT2D eigenvalue weighted by molar-refractivity contribution is -0.123. The Morgan fingerprint density at radius 3 is 2.89 bits per heavy atom. The number of rotatable bonds is 3. The van der Waals surface area contributed by atoms with Gasteiger partial charge < -0.3 is 11.5 Å². The SMILES string of the molecule is Nc1ccncc1CC(=O)C1CCCCCC1N. The molecule has 0 aliphatic heterocycles. The first-order valence-corrected chi connectivity index (χ1v) is 6.65. The Labute approximate surface area is 108 Å². The lowest BCUT2D eigenvalue weighted by atomic mass is 9.88.